The highest BCUT2D eigenvalue weighted by Gasteiger charge is 2.52. The summed E-state index contributed by atoms with van der Waals surface area (Å²) in [6.45, 7) is 0. The van der Waals surface area contributed by atoms with E-state index in [1.165, 1.54) is 18.2 Å². The van der Waals surface area contributed by atoms with Crippen LogP contribution < -0.4 is 4.90 Å². The Hall–Kier alpha value is -3.31. The van der Waals surface area contributed by atoms with Crippen LogP contribution in [0.3, 0.4) is 0 Å². The normalized spacial score (nSPS) is 18.9. The molecule has 0 aromatic heterocycles. The Morgan fingerprint density at radius 1 is 0.862 bits per heavy atom. The van der Waals surface area contributed by atoms with E-state index in [0.29, 0.717) is 16.1 Å². The molecule has 3 aromatic rings. The van der Waals surface area contributed by atoms with Crippen LogP contribution in [-0.4, -0.2) is 17.5 Å². The average Bonchev–Trinajstić information content (AvgIpc) is 3.00. The van der Waals surface area contributed by atoms with Gasteiger partial charge in [-0.15, -0.1) is 0 Å². The fraction of sp³-hybridized carbons (Fsp3) is 0.0870. The van der Waals surface area contributed by atoms with Crippen LogP contribution in [0.1, 0.15) is 22.0 Å². The highest BCUT2D eigenvalue weighted by molar-refractivity contribution is 6.49. The largest absolute Gasteiger partial charge is 0.295 e. The number of amides is 1. The maximum atomic E-state index is 14.5. The maximum absolute atomic E-state index is 14.5. The first-order valence-corrected chi connectivity index (χ1v) is 9.33. The summed E-state index contributed by atoms with van der Waals surface area (Å²) in [5, 5.41) is 0.466. The van der Waals surface area contributed by atoms with Gasteiger partial charge in [0.2, 0.25) is 5.78 Å². The van der Waals surface area contributed by atoms with Crippen molar-refractivity contribution in [2.45, 2.75) is 6.04 Å². The first-order chi connectivity index (χ1) is 14.0. The molecule has 1 saturated heterocycles. The molecule has 0 bridgehead atoms. The van der Waals surface area contributed by atoms with E-state index < -0.39 is 35.3 Å². The lowest BCUT2D eigenvalue weighted by atomic mass is 9.86. The second-order valence-electron chi connectivity index (χ2n) is 6.70. The summed E-state index contributed by atoms with van der Waals surface area (Å²) in [6.07, 6.45) is 0. The molecule has 0 radical (unpaired) electrons. The minimum atomic E-state index is -1.29. The number of nitrogens with zero attached hydrogens (tertiary/aromatic N) is 1. The monoisotopic (exact) mass is 407 g/mol. The van der Waals surface area contributed by atoms with E-state index in [1.807, 2.05) is 0 Å². The van der Waals surface area contributed by atoms with Crippen LogP contribution in [-0.2, 0) is 9.59 Å². The van der Waals surface area contributed by atoms with Gasteiger partial charge < -0.3 is 0 Å². The molecule has 1 aliphatic heterocycles. The van der Waals surface area contributed by atoms with Crippen molar-refractivity contribution >= 4 is 34.8 Å². The second kappa shape index (κ2) is 7.60. The average molecular weight is 408 g/mol. The number of carbonyl (C=O) groups excluding carboxylic acids is 3. The summed E-state index contributed by atoms with van der Waals surface area (Å²) < 4.78 is 14.5. The van der Waals surface area contributed by atoms with Gasteiger partial charge in [0, 0.05) is 10.6 Å². The van der Waals surface area contributed by atoms with Crippen molar-refractivity contribution < 1.29 is 18.8 Å². The molecule has 2 atom stereocenters. The highest BCUT2D eigenvalue weighted by Crippen LogP contribution is 2.42. The van der Waals surface area contributed by atoms with Crippen molar-refractivity contribution in [2.75, 3.05) is 4.90 Å². The minimum Gasteiger partial charge on any atom is -0.294 e. The Bertz CT molecular complexity index is 1100. The summed E-state index contributed by atoms with van der Waals surface area (Å²) in [7, 11) is 0. The smallest absolute Gasteiger partial charge is 0.294 e. The summed E-state index contributed by atoms with van der Waals surface area (Å²) in [5.41, 5.74) is 0.785. The lowest BCUT2D eigenvalue weighted by Gasteiger charge is -2.27. The number of anilines is 1. The standard InChI is InChI=1S/C23H15ClFNO3/c24-16-12-10-14(11-13-16)20-19(21(27)15-6-2-1-3-7-15)22(28)23(29)26(20)18-9-5-4-8-17(18)25/h1-13,19-20H. The van der Waals surface area contributed by atoms with E-state index in [9.17, 15) is 18.8 Å². The van der Waals surface area contributed by atoms with Crippen LogP contribution in [0.2, 0.25) is 5.02 Å². The number of Topliss-reactive ketones (excluding diaryl/α,β-unsaturated/α-hetero) is 2. The summed E-state index contributed by atoms with van der Waals surface area (Å²) >= 11 is 5.97. The van der Waals surface area contributed by atoms with E-state index in [0.717, 1.165) is 4.90 Å². The molecule has 2 unspecified atom stereocenters. The maximum Gasteiger partial charge on any atom is 0.295 e. The molecule has 3 aromatic carbocycles. The highest BCUT2D eigenvalue weighted by atomic mass is 35.5. The van der Waals surface area contributed by atoms with Crippen molar-refractivity contribution in [2.24, 2.45) is 5.92 Å². The van der Waals surface area contributed by atoms with Crippen molar-refractivity contribution in [1.29, 1.82) is 0 Å². The minimum absolute atomic E-state index is 0.0471. The fourth-order valence-electron chi connectivity index (χ4n) is 3.62. The van der Waals surface area contributed by atoms with Crippen LogP contribution in [0.25, 0.3) is 0 Å². The van der Waals surface area contributed by atoms with Crippen molar-refractivity contribution in [1.82, 2.24) is 0 Å². The number of rotatable bonds is 4. The number of halogens is 2. The van der Waals surface area contributed by atoms with Gasteiger partial charge in [0.05, 0.1) is 11.7 Å². The van der Waals surface area contributed by atoms with Gasteiger partial charge in [-0.3, -0.25) is 19.3 Å². The Kier molecular flexibility index (Phi) is 4.99. The van der Waals surface area contributed by atoms with Crippen LogP contribution in [0.5, 0.6) is 0 Å². The molecule has 0 spiro atoms. The van der Waals surface area contributed by atoms with Gasteiger partial charge in [-0.1, -0.05) is 66.2 Å². The van der Waals surface area contributed by atoms with Crippen molar-refractivity contribution in [3.63, 3.8) is 0 Å². The topological polar surface area (TPSA) is 54.5 Å². The Morgan fingerprint density at radius 2 is 1.48 bits per heavy atom. The summed E-state index contributed by atoms with van der Waals surface area (Å²) in [5.74, 6) is -4.19. The van der Waals surface area contributed by atoms with E-state index >= 15 is 0 Å². The van der Waals surface area contributed by atoms with Crippen molar-refractivity contribution in [3.8, 4) is 0 Å². The molecule has 6 heteroatoms. The molecule has 1 fully saturated rings. The number of carbonyl (C=O) groups is 3. The predicted octanol–water partition coefficient (Wildman–Crippen LogP) is 4.64. The molecule has 4 rings (SSSR count). The van der Waals surface area contributed by atoms with Gasteiger partial charge in [0.1, 0.15) is 11.7 Å². The number of ketones is 2. The van der Waals surface area contributed by atoms with Gasteiger partial charge in [-0.05, 0) is 29.8 Å². The van der Waals surface area contributed by atoms with E-state index in [2.05, 4.69) is 0 Å². The molecule has 0 saturated carbocycles. The lowest BCUT2D eigenvalue weighted by molar-refractivity contribution is -0.135. The van der Waals surface area contributed by atoms with Gasteiger partial charge in [-0.25, -0.2) is 4.39 Å². The number of benzene rings is 3. The molecule has 4 nitrogen and oxygen atoms in total. The second-order valence-corrected chi connectivity index (χ2v) is 7.13. The molecule has 0 N–H and O–H groups in total. The molecule has 1 aliphatic rings. The van der Waals surface area contributed by atoms with Crippen LogP contribution in [0.4, 0.5) is 10.1 Å². The van der Waals surface area contributed by atoms with Crippen molar-refractivity contribution in [3.05, 3.63) is 101 Å². The zero-order valence-electron chi connectivity index (χ0n) is 15.1. The zero-order valence-corrected chi connectivity index (χ0v) is 15.8. The SMILES string of the molecule is O=C1C(=O)N(c2ccccc2F)C(c2ccc(Cl)cc2)C1C(=O)c1ccccc1. The lowest BCUT2D eigenvalue weighted by Crippen LogP contribution is -2.31. The first kappa shape index (κ1) is 19.0. The third kappa shape index (κ3) is 3.34. The van der Waals surface area contributed by atoms with E-state index in [-0.39, 0.29) is 5.69 Å². The van der Waals surface area contributed by atoms with Gasteiger partial charge in [0.15, 0.2) is 5.78 Å². The van der Waals surface area contributed by atoms with E-state index in [1.54, 1.807) is 60.7 Å². The third-order valence-corrected chi connectivity index (χ3v) is 5.22. The Labute approximate surface area is 171 Å². The molecular formula is C23H15ClFNO3. The van der Waals surface area contributed by atoms with Gasteiger partial charge >= 0.3 is 0 Å². The van der Waals surface area contributed by atoms with Gasteiger partial charge in [-0.2, -0.15) is 0 Å². The molecule has 1 heterocycles. The summed E-state index contributed by atoms with van der Waals surface area (Å²) in [4.78, 5) is 40.1. The Balaban J connectivity index is 1.88. The molecule has 1 amide bonds. The molecule has 29 heavy (non-hydrogen) atoms. The number of hydrogen-bond acceptors (Lipinski definition) is 3. The van der Waals surface area contributed by atoms with Crippen LogP contribution in [0.15, 0.2) is 78.9 Å². The number of para-hydroxylation sites is 1. The molecule has 0 aliphatic carbocycles. The number of hydrogen-bond donors (Lipinski definition) is 0. The van der Waals surface area contributed by atoms with Crippen LogP contribution in [0, 0.1) is 11.7 Å². The first-order valence-electron chi connectivity index (χ1n) is 8.95. The van der Waals surface area contributed by atoms with E-state index in [4.69, 9.17) is 11.6 Å². The molecular weight excluding hydrogens is 393 g/mol. The fourth-order valence-corrected chi connectivity index (χ4v) is 3.75. The quantitative estimate of drug-likeness (QED) is 0.360. The predicted molar refractivity (Wildman–Crippen MR) is 107 cm³/mol. The Morgan fingerprint density at radius 3 is 2.14 bits per heavy atom. The zero-order chi connectivity index (χ0) is 20.5. The third-order valence-electron chi connectivity index (χ3n) is 4.97. The summed E-state index contributed by atoms with van der Waals surface area (Å²) in [6, 6.07) is 19.5. The molecule has 144 valence electrons. The van der Waals surface area contributed by atoms with Gasteiger partial charge in [0.25, 0.3) is 5.91 Å². The van der Waals surface area contributed by atoms with Crippen LogP contribution >= 0.6 is 11.6 Å².